The highest BCUT2D eigenvalue weighted by molar-refractivity contribution is 9.10. The quantitative estimate of drug-likeness (QED) is 0.496. The highest BCUT2D eigenvalue weighted by Crippen LogP contribution is 2.22. The molecule has 0 fully saturated rings. The summed E-state index contributed by atoms with van der Waals surface area (Å²) in [6.45, 7) is 0. The number of benzene rings is 1. The monoisotopic (exact) mass is 367 g/mol. The van der Waals surface area contributed by atoms with Crippen LogP contribution in [0.25, 0.3) is 0 Å². The fourth-order valence-electron chi connectivity index (χ4n) is 1.58. The standard InChI is InChI=1S/C13H10BrN3O5/c1-21-11-4-2-8(14)6-10(11)13(18)16-15-7-9-3-5-12(22-9)17(19)20/h2-7H,1H3,(H,16,18)/b15-7-. The van der Waals surface area contributed by atoms with E-state index in [2.05, 4.69) is 26.5 Å². The molecule has 1 aromatic heterocycles. The van der Waals surface area contributed by atoms with E-state index in [1.165, 1.54) is 19.2 Å². The van der Waals surface area contributed by atoms with Gasteiger partial charge in [-0.25, -0.2) is 5.43 Å². The Bertz CT molecular complexity index is 741. The molecule has 0 saturated heterocycles. The van der Waals surface area contributed by atoms with Crippen molar-refractivity contribution in [2.45, 2.75) is 0 Å². The van der Waals surface area contributed by atoms with E-state index < -0.39 is 16.7 Å². The molecule has 9 heteroatoms. The summed E-state index contributed by atoms with van der Waals surface area (Å²) in [5.74, 6) is -0.352. The first-order valence-electron chi connectivity index (χ1n) is 5.92. The van der Waals surface area contributed by atoms with Crippen LogP contribution in [0.1, 0.15) is 16.1 Å². The Hall–Kier alpha value is -2.68. The van der Waals surface area contributed by atoms with Crippen molar-refractivity contribution < 1.29 is 18.9 Å². The Morgan fingerprint density at radius 1 is 1.45 bits per heavy atom. The van der Waals surface area contributed by atoms with E-state index in [0.29, 0.717) is 15.8 Å². The number of furan rings is 1. The lowest BCUT2D eigenvalue weighted by molar-refractivity contribution is -0.402. The summed E-state index contributed by atoms with van der Waals surface area (Å²) in [6.07, 6.45) is 1.16. The minimum Gasteiger partial charge on any atom is -0.496 e. The Morgan fingerprint density at radius 2 is 2.23 bits per heavy atom. The molecular formula is C13H10BrN3O5. The van der Waals surface area contributed by atoms with Crippen LogP contribution in [0, 0.1) is 10.1 Å². The van der Waals surface area contributed by atoms with Crippen molar-refractivity contribution in [3.63, 3.8) is 0 Å². The summed E-state index contributed by atoms with van der Waals surface area (Å²) >= 11 is 3.26. The largest absolute Gasteiger partial charge is 0.496 e. The fraction of sp³-hybridized carbons (Fsp3) is 0.0769. The van der Waals surface area contributed by atoms with Gasteiger partial charge in [-0.2, -0.15) is 5.10 Å². The molecule has 2 aromatic rings. The van der Waals surface area contributed by atoms with Gasteiger partial charge in [0.2, 0.25) is 0 Å². The van der Waals surface area contributed by atoms with Gasteiger partial charge in [-0.1, -0.05) is 15.9 Å². The molecule has 2 rings (SSSR count). The number of halogens is 1. The molecule has 22 heavy (non-hydrogen) atoms. The highest BCUT2D eigenvalue weighted by Gasteiger charge is 2.13. The molecule has 8 nitrogen and oxygen atoms in total. The van der Waals surface area contributed by atoms with Crippen LogP contribution in [0.15, 0.2) is 44.3 Å². The molecule has 1 amide bonds. The summed E-state index contributed by atoms with van der Waals surface area (Å²) in [7, 11) is 1.45. The van der Waals surface area contributed by atoms with E-state index in [1.807, 2.05) is 0 Å². The van der Waals surface area contributed by atoms with E-state index in [1.54, 1.807) is 18.2 Å². The molecule has 0 radical (unpaired) electrons. The maximum Gasteiger partial charge on any atom is 0.433 e. The summed E-state index contributed by atoms with van der Waals surface area (Å²) in [6, 6.07) is 7.52. The van der Waals surface area contributed by atoms with E-state index in [9.17, 15) is 14.9 Å². The average molecular weight is 368 g/mol. The fourth-order valence-corrected chi connectivity index (χ4v) is 1.94. The van der Waals surface area contributed by atoms with Crippen LogP contribution in [0.2, 0.25) is 0 Å². The molecular weight excluding hydrogens is 358 g/mol. The van der Waals surface area contributed by atoms with Crippen molar-refractivity contribution in [1.82, 2.24) is 5.43 Å². The third-order valence-corrected chi connectivity index (χ3v) is 3.05. The molecule has 0 saturated carbocycles. The zero-order valence-corrected chi connectivity index (χ0v) is 12.9. The molecule has 0 spiro atoms. The number of nitro groups is 1. The number of nitrogens with one attached hydrogen (secondary N) is 1. The van der Waals surface area contributed by atoms with Gasteiger partial charge in [0, 0.05) is 4.47 Å². The first kappa shape index (κ1) is 15.7. The number of nitrogens with zero attached hydrogens (tertiary/aromatic N) is 2. The predicted octanol–water partition coefficient (Wildman–Crippen LogP) is 2.72. The third-order valence-electron chi connectivity index (χ3n) is 2.56. The summed E-state index contributed by atoms with van der Waals surface area (Å²) in [4.78, 5) is 21.8. The predicted molar refractivity (Wildman–Crippen MR) is 81.1 cm³/mol. The van der Waals surface area contributed by atoms with E-state index in [0.717, 1.165) is 6.21 Å². The van der Waals surface area contributed by atoms with Crippen molar-refractivity contribution in [2.24, 2.45) is 5.10 Å². The molecule has 0 atom stereocenters. The van der Waals surface area contributed by atoms with Gasteiger partial charge in [0.1, 0.15) is 10.7 Å². The maximum absolute atomic E-state index is 12.0. The number of rotatable bonds is 5. The van der Waals surface area contributed by atoms with Crippen molar-refractivity contribution in [1.29, 1.82) is 0 Å². The van der Waals surface area contributed by atoms with Crippen LogP contribution in [0.5, 0.6) is 5.75 Å². The lowest BCUT2D eigenvalue weighted by Gasteiger charge is -2.07. The zero-order chi connectivity index (χ0) is 16.1. The topological polar surface area (TPSA) is 107 Å². The second-order valence-electron chi connectivity index (χ2n) is 3.98. The number of amides is 1. The number of ether oxygens (including phenoxy) is 1. The van der Waals surface area contributed by atoms with Crippen LogP contribution in [0.3, 0.4) is 0 Å². The number of methoxy groups -OCH3 is 1. The van der Waals surface area contributed by atoms with Gasteiger partial charge in [-0.15, -0.1) is 0 Å². The van der Waals surface area contributed by atoms with Gasteiger partial charge in [0.05, 0.1) is 25.0 Å². The Balaban J connectivity index is 2.07. The van der Waals surface area contributed by atoms with Crippen LogP contribution in [0.4, 0.5) is 5.88 Å². The third kappa shape index (κ3) is 3.70. The van der Waals surface area contributed by atoms with Crippen molar-refractivity contribution in [3.05, 3.63) is 56.2 Å². The Morgan fingerprint density at radius 3 is 2.86 bits per heavy atom. The highest BCUT2D eigenvalue weighted by atomic mass is 79.9. The smallest absolute Gasteiger partial charge is 0.433 e. The van der Waals surface area contributed by atoms with Gasteiger partial charge in [0.15, 0.2) is 5.76 Å². The molecule has 1 heterocycles. The number of hydrazone groups is 1. The molecule has 0 aliphatic rings. The lowest BCUT2D eigenvalue weighted by atomic mass is 10.2. The molecule has 0 bridgehead atoms. The summed E-state index contributed by atoms with van der Waals surface area (Å²) in [5, 5.41) is 14.1. The molecule has 114 valence electrons. The van der Waals surface area contributed by atoms with Gasteiger partial charge in [-0.3, -0.25) is 14.9 Å². The van der Waals surface area contributed by atoms with E-state index >= 15 is 0 Å². The number of carbonyl (C=O) groups excluding carboxylic acids is 1. The second kappa shape index (κ2) is 6.85. The molecule has 1 aromatic carbocycles. The zero-order valence-electron chi connectivity index (χ0n) is 11.3. The second-order valence-corrected chi connectivity index (χ2v) is 4.89. The lowest BCUT2D eigenvalue weighted by Crippen LogP contribution is -2.18. The van der Waals surface area contributed by atoms with Gasteiger partial charge < -0.3 is 9.15 Å². The SMILES string of the molecule is COc1ccc(Br)cc1C(=O)N/N=C\c1ccc([N+](=O)[O-])o1. The van der Waals surface area contributed by atoms with E-state index in [-0.39, 0.29) is 5.76 Å². The van der Waals surface area contributed by atoms with Crippen molar-refractivity contribution >= 4 is 33.9 Å². The van der Waals surface area contributed by atoms with Crippen LogP contribution in [-0.2, 0) is 0 Å². The first-order valence-corrected chi connectivity index (χ1v) is 6.71. The number of hydrogen-bond donors (Lipinski definition) is 1. The number of hydrogen-bond acceptors (Lipinski definition) is 6. The molecule has 0 unspecified atom stereocenters. The molecule has 1 N–H and O–H groups in total. The van der Waals surface area contributed by atoms with Crippen LogP contribution in [-0.4, -0.2) is 24.2 Å². The minimum atomic E-state index is -0.664. The van der Waals surface area contributed by atoms with Crippen LogP contribution >= 0.6 is 15.9 Å². The normalized spacial score (nSPS) is 10.6. The first-order chi connectivity index (χ1) is 10.5. The van der Waals surface area contributed by atoms with Crippen LogP contribution < -0.4 is 10.2 Å². The van der Waals surface area contributed by atoms with Gasteiger partial charge in [0.25, 0.3) is 5.91 Å². The molecule has 0 aliphatic heterocycles. The Labute approximate surface area is 133 Å². The molecule has 0 aliphatic carbocycles. The van der Waals surface area contributed by atoms with Gasteiger partial charge >= 0.3 is 5.88 Å². The van der Waals surface area contributed by atoms with Crippen molar-refractivity contribution in [2.75, 3.05) is 7.11 Å². The average Bonchev–Trinajstić information content (AvgIpc) is 2.96. The number of carbonyl (C=O) groups is 1. The minimum absolute atomic E-state index is 0.146. The summed E-state index contributed by atoms with van der Waals surface area (Å²) < 4.78 is 10.7. The maximum atomic E-state index is 12.0. The summed E-state index contributed by atoms with van der Waals surface area (Å²) in [5.41, 5.74) is 2.58. The van der Waals surface area contributed by atoms with Crippen molar-refractivity contribution in [3.8, 4) is 5.75 Å². The Kier molecular flexibility index (Phi) is 4.89. The van der Waals surface area contributed by atoms with E-state index in [4.69, 9.17) is 9.15 Å². The van der Waals surface area contributed by atoms with Gasteiger partial charge in [-0.05, 0) is 24.3 Å².